The highest BCUT2D eigenvalue weighted by molar-refractivity contribution is 6.01. The molecule has 0 radical (unpaired) electrons. The molecular formula is C23H29N3O4. The van der Waals surface area contributed by atoms with E-state index in [9.17, 15) is 19.7 Å². The Morgan fingerprint density at radius 3 is 2.13 bits per heavy atom. The molecule has 0 aliphatic carbocycles. The van der Waals surface area contributed by atoms with Crippen molar-refractivity contribution in [3.05, 3.63) is 75.3 Å². The molecule has 1 unspecified atom stereocenters. The third kappa shape index (κ3) is 5.65. The molecule has 2 aromatic carbocycles. The molecule has 0 aliphatic heterocycles. The summed E-state index contributed by atoms with van der Waals surface area (Å²) < 4.78 is 0. The van der Waals surface area contributed by atoms with E-state index in [1.165, 1.54) is 18.2 Å². The number of carbonyl (C=O) groups is 2. The van der Waals surface area contributed by atoms with Crippen LogP contribution >= 0.6 is 0 Å². The lowest BCUT2D eigenvalue weighted by molar-refractivity contribution is -0.385. The second-order valence-electron chi connectivity index (χ2n) is 8.14. The van der Waals surface area contributed by atoms with Crippen LogP contribution in [0.2, 0.25) is 0 Å². The van der Waals surface area contributed by atoms with Crippen LogP contribution in [-0.4, -0.2) is 27.8 Å². The number of nitro benzene ring substituents is 1. The number of nitrogens with zero attached hydrogens (tertiary/aromatic N) is 2. The molecule has 0 spiro atoms. The molecule has 0 saturated carbocycles. The van der Waals surface area contributed by atoms with Crippen LogP contribution in [0.25, 0.3) is 0 Å². The van der Waals surface area contributed by atoms with Crippen LogP contribution in [0, 0.1) is 16.0 Å². The highest BCUT2D eigenvalue weighted by Crippen LogP contribution is 2.24. The van der Waals surface area contributed by atoms with Gasteiger partial charge in [0.15, 0.2) is 0 Å². The number of nitrogens with one attached hydrogen (secondary N) is 1. The van der Waals surface area contributed by atoms with Gasteiger partial charge in [-0.3, -0.25) is 25.1 Å². The molecule has 30 heavy (non-hydrogen) atoms. The minimum atomic E-state index is -0.632. The molecule has 0 bridgehead atoms. The summed E-state index contributed by atoms with van der Waals surface area (Å²) in [7, 11) is 0. The second kappa shape index (κ2) is 10.0. The lowest BCUT2D eigenvalue weighted by Gasteiger charge is -2.27. The summed E-state index contributed by atoms with van der Waals surface area (Å²) in [4.78, 5) is 36.3. The van der Waals surface area contributed by atoms with Crippen LogP contribution in [0.4, 0.5) is 5.69 Å². The Labute approximate surface area is 177 Å². The van der Waals surface area contributed by atoms with Crippen molar-refractivity contribution < 1.29 is 14.5 Å². The summed E-state index contributed by atoms with van der Waals surface area (Å²) >= 11 is 0. The van der Waals surface area contributed by atoms with E-state index < -0.39 is 22.8 Å². The van der Waals surface area contributed by atoms with Crippen LogP contribution in [-0.2, 0) is 0 Å². The standard InChI is InChI=1S/C23H29N3O4/c1-15(2)14-17(5)18-10-12-19(13-11-18)22(27)24-25(16(3)4)23(28)20-8-6-7-9-21(20)26(29)30/h6-13,15-17H,14H2,1-5H3,(H,24,27). The lowest BCUT2D eigenvalue weighted by Crippen LogP contribution is -2.50. The van der Waals surface area contributed by atoms with Crippen LogP contribution in [0.3, 0.4) is 0 Å². The number of hydrazine groups is 1. The minimum Gasteiger partial charge on any atom is -0.267 e. The number of hydrogen-bond donors (Lipinski definition) is 1. The summed E-state index contributed by atoms with van der Waals surface area (Å²) in [6.45, 7) is 9.95. The number of para-hydroxylation sites is 1. The fourth-order valence-electron chi connectivity index (χ4n) is 3.34. The van der Waals surface area contributed by atoms with Gasteiger partial charge in [-0.25, -0.2) is 5.01 Å². The molecule has 2 rings (SSSR count). The zero-order chi connectivity index (χ0) is 22.4. The van der Waals surface area contributed by atoms with Crippen molar-refractivity contribution in [3.63, 3.8) is 0 Å². The van der Waals surface area contributed by atoms with Crippen LogP contribution in [0.15, 0.2) is 48.5 Å². The van der Waals surface area contributed by atoms with Gasteiger partial charge >= 0.3 is 0 Å². The van der Waals surface area contributed by atoms with E-state index in [2.05, 4.69) is 26.2 Å². The fourth-order valence-corrected chi connectivity index (χ4v) is 3.34. The third-order valence-corrected chi connectivity index (χ3v) is 4.86. The van der Waals surface area contributed by atoms with E-state index in [1.807, 2.05) is 12.1 Å². The van der Waals surface area contributed by atoms with Crippen LogP contribution in [0.1, 0.15) is 73.2 Å². The largest absolute Gasteiger partial charge is 0.282 e. The van der Waals surface area contributed by atoms with Gasteiger partial charge in [-0.15, -0.1) is 0 Å². The van der Waals surface area contributed by atoms with Gasteiger partial charge in [0.05, 0.1) is 4.92 Å². The first-order valence-corrected chi connectivity index (χ1v) is 10.1. The first kappa shape index (κ1) is 23.1. The van der Waals surface area contributed by atoms with Crippen molar-refractivity contribution in [2.24, 2.45) is 5.92 Å². The first-order valence-electron chi connectivity index (χ1n) is 10.1. The molecule has 0 aromatic heterocycles. The van der Waals surface area contributed by atoms with Crippen molar-refractivity contribution in [2.45, 2.75) is 53.0 Å². The second-order valence-corrected chi connectivity index (χ2v) is 8.14. The van der Waals surface area contributed by atoms with E-state index >= 15 is 0 Å². The van der Waals surface area contributed by atoms with E-state index in [4.69, 9.17) is 0 Å². The van der Waals surface area contributed by atoms with Crippen LogP contribution in [0.5, 0.6) is 0 Å². The number of rotatable bonds is 7. The Morgan fingerprint density at radius 2 is 1.60 bits per heavy atom. The highest BCUT2D eigenvalue weighted by Gasteiger charge is 2.27. The zero-order valence-electron chi connectivity index (χ0n) is 18.1. The predicted octanol–water partition coefficient (Wildman–Crippen LogP) is 4.94. The summed E-state index contributed by atoms with van der Waals surface area (Å²) in [5.74, 6) is -0.114. The van der Waals surface area contributed by atoms with Crippen molar-refractivity contribution in [3.8, 4) is 0 Å². The number of hydrogen-bond acceptors (Lipinski definition) is 4. The van der Waals surface area contributed by atoms with Crippen LogP contribution < -0.4 is 5.43 Å². The predicted molar refractivity (Wildman–Crippen MR) is 116 cm³/mol. The maximum absolute atomic E-state index is 12.9. The Bertz CT molecular complexity index is 907. The average Bonchev–Trinajstić information content (AvgIpc) is 2.70. The monoisotopic (exact) mass is 411 g/mol. The van der Waals surface area contributed by atoms with E-state index in [1.54, 1.807) is 32.0 Å². The molecule has 0 saturated heterocycles. The normalized spacial score (nSPS) is 12.0. The van der Waals surface area contributed by atoms with Gasteiger partial charge in [0.25, 0.3) is 17.5 Å². The van der Waals surface area contributed by atoms with E-state index in [0.717, 1.165) is 17.0 Å². The topological polar surface area (TPSA) is 92.6 Å². The smallest absolute Gasteiger partial charge is 0.267 e. The molecule has 7 heteroatoms. The molecule has 2 amide bonds. The van der Waals surface area contributed by atoms with Gasteiger partial charge in [0, 0.05) is 17.7 Å². The minimum absolute atomic E-state index is 0.0747. The summed E-state index contributed by atoms with van der Waals surface area (Å²) in [6.07, 6.45) is 1.05. The number of benzene rings is 2. The van der Waals surface area contributed by atoms with E-state index in [-0.39, 0.29) is 11.3 Å². The van der Waals surface area contributed by atoms with Crippen molar-refractivity contribution in [1.82, 2.24) is 10.4 Å². The van der Waals surface area contributed by atoms with Crippen molar-refractivity contribution in [2.75, 3.05) is 0 Å². The molecule has 0 aliphatic rings. The number of carbonyl (C=O) groups excluding carboxylic acids is 2. The Balaban J connectivity index is 2.20. The summed E-state index contributed by atoms with van der Waals surface area (Å²) in [5.41, 5.74) is 3.79. The quantitative estimate of drug-likeness (QED) is 0.516. The summed E-state index contributed by atoms with van der Waals surface area (Å²) in [5, 5.41) is 12.4. The van der Waals surface area contributed by atoms with Gasteiger partial charge in [-0.2, -0.15) is 0 Å². The summed E-state index contributed by atoms with van der Waals surface area (Å²) in [6, 6.07) is 12.6. The molecular weight excluding hydrogens is 382 g/mol. The molecule has 0 fully saturated rings. The van der Waals surface area contributed by atoms with E-state index in [0.29, 0.717) is 17.4 Å². The van der Waals surface area contributed by atoms with Gasteiger partial charge < -0.3 is 0 Å². The number of amides is 2. The van der Waals surface area contributed by atoms with Crippen molar-refractivity contribution >= 4 is 17.5 Å². The molecule has 7 nitrogen and oxygen atoms in total. The lowest BCUT2D eigenvalue weighted by atomic mass is 9.91. The van der Waals surface area contributed by atoms with Gasteiger partial charge in [0.2, 0.25) is 0 Å². The number of nitro groups is 1. The Morgan fingerprint density at radius 1 is 1.00 bits per heavy atom. The molecule has 2 aromatic rings. The average molecular weight is 412 g/mol. The molecule has 0 heterocycles. The fraction of sp³-hybridized carbons (Fsp3) is 0.391. The molecule has 160 valence electrons. The van der Waals surface area contributed by atoms with Gasteiger partial charge in [0.1, 0.15) is 5.56 Å². The highest BCUT2D eigenvalue weighted by atomic mass is 16.6. The maximum atomic E-state index is 12.9. The van der Waals surface area contributed by atoms with Crippen molar-refractivity contribution in [1.29, 1.82) is 0 Å². The molecule has 1 atom stereocenters. The third-order valence-electron chi connectivity index (χ3n) is 4.86. The van der Waals surface area contributed by atoms with Gasteiger partial charge in [-0.05, 0) is 55.9 Å². The zero-order valence-corrected chi connectivity index (χ0v) is 18.1. The SMILES string of the molecule is CC(C)CC(C)c1ccc(C(=O)NN(C(=O)c2ccccc2[N+](=O)[O-])C(C)C)cc1. The first-order chi connectivity index (χ1) is 14.1. The van der Waals surface area contributed by atoms with Gasteiger partial charge in [-0.1, -0.05) is 45.0 Å². The Hall–Kier alpha value is -3.22. The maximum Gasteiger partial charge on any atom is 0.282 e. The Kier molecular flexibility index (Phi) is 7.69. The molecule has 1 N–H and O–H groups in total.